The number of nitrogens with zero attached hydrogens (tertiary/aromatic N) is 2. The molecule has 6 unspecified atom stereocenters. The lowest BCUT2D eigenvalue weighted by atomic mass is 9.72. The van der Waals surface area contributed by atoms with Gasteiger partial charge >= 0.3 is 24.1 Å². The van der Waals surface area contributed by atoms with Crippen molar-refractivity contribution in [1.29, 1.82) is 0 Å². The molecule has 66 heavy (non-hydrogen) atoms. The van der Waals surface area contributed by atoms with Crippen LogP contribution in [0.15, 0.2) is 36.4 Å². The molecule has 2 aliphatic heterocycles. The second-order valence-corrected chi connectivity index (χ2v) is 19.6. The Hall–Kier alpha value is -5.80. The van der Waals surface area contributed by atoms with Crippen LogP contribution in [0.4, 0.5) is 9.59 Å². The van der Waals surface area contributed by atoms with Crippen molar-refractivity contribution in [2.45, 2.75) is 123 Å². The van der Waals surface area contributed by atoms with Crippen molar-refractivity contribution >= 4 is 47.5 Å². The number of esters is 2. The molecule has 2 aromatic carbocycles. The number of Topliss-reactive ketones (excluding diaryl/α,β-unsaturated/α-hetero) is 2. The minimum absolute atomic E-state index is 0.00107. The third kappa shape index (κ3) is 11.1. The van der Waals surface area contributed by atoms with E-state index in [9.17, 15) is 38.4 Å². The number of likely N-dealkylation sites (tertiary alicyclic amines) is 2. The maximum Gasteiger partial charge on any atom is 0.407 e. The quantitative estimate of drug-likeness (QED) is 0.118. The van der Waals surface area contributed by atoms with Gasteiger partial charge in [0, 0.05) is 24.2 Å². The minimum atomic E-state index is -0.908. The Kier molecular flexibility index (Phi) is 16.0. The molecule has 2 N–H and O–H groups in total. The van der Waals surface area contributed by atoms with Gasteiger partial charge < -0.3 is 39.4 Å². The Labute approximate surface area is 387 Å². The Morgan fingerprint density at radius 3 is 1.58 bits per heavy atom. The number of hydrogen-bond donors (Lipinski definition) is 2. The van der Waals surface area contributed by atoms with Gasteiger partial charge in [-0.15, -0.1) is 0 Å². The summed E-state index contributed by atoms with van der Waals surface area (Å²) in [6.45, 7) is 10.6. The van der Waals surface area contributed by atoms with Crippen LogP contribution in [0.3, 0.4) is 0 Å². The van der Waals surface area contributed by atoms with Crippen LogP contribution in [-0.4, -0.2) is 122 Å². The lowest BCUT2D eigenvalue weighted by Gasteiger charge is -2.33. The second kappa shape index (κ2) is 21.2. The van der Waals surface area contributed by atoms with E-state index in [1.165, 1.54) is 24.0 Å². The number of fused-ring (bicyclic) bond motifs is 1. The van der Waals surface area contributed by atoms with Crippen molar-refractivity contribution < 1.29 is 57.3 Å². The summed E-state index contributed by atoms with van der Waals surface area (Å²) in [4.78, 5) is 108. The minimum Gasteiger partial charge on any atom is -0.456 e. The summed E-state index contributed by atoms with van der Waals surface area (Å²) in [5, 5.41) is 5.15. The molecule has 2 saturated heterocycles. The molecule has 358 valence electrons. The molecule has 2 aromatic rings. The van der Waals surface area contributed by atoms with Gasteiger partial charge in [-0.25, -0.2) is 19.2 Å². The number of rotatable bonds is 15. The molecule has 6 rings (SSSR count). The topological polar surface area (TPSA) is 204 Å². The largest absolute Gasteiger partial charge is 0.456 e. The molecule has 2 heterocycles. The van der Waals surface area contributed by atoms with Crippen LogP contribution in [0, 0.1) is 29.1 Å². The number of nitrogens with one attached hydrogen (secondary N) is 2. The fourth-order valence-corrected chi connectivity index (χ4v) is 10.3. The van der Waals surface area contributed by atoms with Gasteiger partial charge in [0.15, 0.2) is 19.0 Å². The molecule has 0 aromatic heterocycles. The Bertz CT molecular complexity index is 2180. The van der Waals surface area contributed by atoms with Gasteiger partial charge in [-0.3, -0.25) is 19.2 Å². The van der Waals surface area contributed by atoms with E-state index in [-0.39, 0.29) is 34.9 Å². The van der Waals surface area contributed by atoms with Gasteiger partial charge in [-0.1, -0.05) is 97.2 Å². The number of ether oxygens (including phenoxy) is 4. The van der Waals surface area contributed by atoms with E-state index in [0.29, 0.717) is 37.1 Å². The molecule has 0 radical (unpaired) electrons. The number of carbonyl (C=O) groups excluding carboxylic acids is 8. The number of amides is 4. The highest BCUT2D eigenvalue weighted by atomic mass is 16.6. The molecule has 2 aliphatic carbocycles. The monoisotopic (exact) mass is 914 g/mol. The van der Waals surface area contributed by atoms with Crippen LogP contribution in [0.25, 0.3) is 11.1 Å². The molecule has 1 saturated carbocycles. The van der Waals surface area contributed by atoms with E-state index >= 15 is 0 Å². The summed E-state index contributed by atoms with van der Waals surface area (Å²) >= 11 is 0. The molecule has 0 bridgehead atoms. The van der Waals surface area contributed by atoms with Crippen molar-refractivity contribution in [2.24, 2.45) is 29.1 Å². The zero-order chi connectivity index (χ0) is 48.0. The van der Waals surface area contributed by atoms with Gasteiger partial charge in [0.2, 0.25) is 17.6 Å². The summed E-state index contributed by atoms with van der Waals surface area (Å²) < 4.78 is 20.6. The standard InChI is InChI=1S/C50H66N4O12/c1-28(2)42(51-48(61)63-7)44(57)53-24-30(5)20-38(53)46(59)65-26-40(55)33-14-12-32(13-15-33)34-16-17-35(37-23-50(22-36(34)37)18-10-9-11-19-50)41(56)27-66-47(60)39-21-31(6)25-54(39)45(58)43(29(3)4)52-49(62)64-8/h12-17,28-31,38-39,42-43H,9-11,18-27H2,1-8H3,(H,51,61)(H,52,62). The van der Waals surface area contributed by atoms with Gasteiger partial charge in [0.1, 0.15) is 24.2 Å². The number of hydrogen-bond acceptors (Lipinski definition) is 12. The molecule has 6 atom stereocenters. The summed E-state index contributed by atoms with van der Waals surface area (Å²) in [5.41, 5.74) is 4.66. The lowest BCUT2D eigenvalue weighted by Crippen LogP contribution is -2.54. The van der Waals surface area contributed by atoms with E-state index in [1.54, 1.807) is 45.9 Å². The highest BCUT2D eigenvalue weighted by Crippen LogP contribution is 2.50. The number of ketones is 2. The first-order chi connectivity index (χ1) is 31.4. The summed E-state index contributed by atoms with van der Waals surface area (Å²) in [7, 11) is 2.43. The van der Waals surface area contributed by atoms with Crippen molar-refractivity contribution in [3.05, 3.63) is 58.7 Å². The first-order valence-electron chi connectivity index (χ1n) is 23.3. The lowest BCUT2D eigenvalue weighted by molar-refractivity contribution is -0.153. The van der Waals surface area contributed by atoms with Crippen molar-refractivity contribution in [3.63, 3.8) is 0 Å². The maximum absolute atomic E-state index is 14.0. The summed E-state index contributed by atoms with van der Waals surface area (Å²) in [6.07, 6.45) is 6.18. The second-order valence-electron chi connectivity index (χ2n) is 19.6. The molecule has 4 amide bonds. The van der Waals surface area contributed by atoms with Crippen LogP contribution in [0.5, 0.6) is 0 Å². The van der Waals surface area contributed by atoms with Crippen LogP contribution in [0.2, 0.25) is 0 Å². The van der Waals surface area contributed by atoms with Crippen LogP contribution in [-0.2, 0) is 51.0 Å². The molecule has 3 fully saturated rings. The molecular weight excluding hydrogens is 849 g/mol. The van der Waals surface area contributed by atoms with E-state index in [2.05, 4.69) is 10.6 Å². The summed E-state index contributed by atoms with van der Waals surface area (Å²) in [6, 6.07) is 7.15. The highest BCUT2D eigenvalue weighted by Gasteiger charge is 2.45. The van der Waals surface area contributed by atoms with Gasteiger partial charge in [-0.2, -0.15) is 0 Å². The third-order valence-corrected chi connectivity index (χ3v) is 13.9. The van der Waals surface area contributed by atoms with Crippen molar-refractivity contribution in [2.75, 3.05) is 40.5 Å². The number of alkyl carbamates (subject to hydrolysis) is 2. The third-order valence-electron chi connectivity index (χ3n) is 13.9. The number of methoxy groups -OCH3 is 2. The van der Waals surface area contributed by atoms with Crippen molar-refractivity contribution in [1.82, 2.24) is 20.4 Å². The van der Waals surface area contributed by atoms with Gasteiger partial charge in [0.05, 0.1) is 14.2 Å². The zero-order valence-electron chi connectivity index (χ0n) is 39.6. The molecule has 1 spiro atoms. The predicted octanol–water partition coefficient (Wildman–Crippen LogP) is 6.09. The first-order valence-corrected chi connectivity index (χ1v) is 23.3. The predicted molar refractivity (Wildman–Crippen MR) is 242 cm³/mol. The van der Waals surface area contributed by atoms with E-state index in [0.717, 1.165) is 67.2 Å². The first kappa shape index (κ1) is 49.6. The smallest absolute Gasteiger partial charge is 0.407 e. The fraction of sp³-hybridized carbons (Fsp3) is 0.600. The number of benzene rings is 2. The average molecular weight is 915 g/mol. The van der Waals surface area contributed by atoms with Crippen LogP contribution < -0.4 is 10.6 Å². The molecule has 4 aliphatic rings. The fourth-order valence-electron chi connectivity index (χ4n) is 10.3. The number of carbonyl (C=O) groups is 8. The van der Waals surface area contributed by atoms with Crippen molar-refractivity contribution in [3.8, 4) is 11.1 Å². The van der Waals surface area contributed by atoms with Crippen LogP contribution in [0.1, 0.15) is 118 Å². The molecule has 16 nitrogen and oxygen atoms in total. The normalized spacial score (nSPS) is 21.8. The van der Waals surface area contributed by atoms with E-state index in [1.807, 2.05) is 32.0 Å². The highest BCUT2D eigenvalue weighted by molar-refractivity contribution is 6.02. The van der Waals surface area contributed by atoms with Gasteiger partial charge in [0.25, 0.3) is 0 Å². The van der Waals surface area contributed by atoms with Crippen LogP contribution >= 0.6 is 0 Å². The zero-order valence-corrected chi connectivity index (χ0v) is 39.6. The summed E-state index contributed by atoms with van der Waals surface area (Å²) in [5.74, 6) is -3.49. The maximum atomic E-state index is 14.0. The Balaban J connectivity index is 1.14. The van der Waals surface area contributed by atoms with E-state index in [4.69, 9.17) is 18.9 Å². The van der Waals surface area contributed by atoms with E-state index < -0.39 is 79.1 Å². The SMILES string of the molecule is COC(=O)NC(C(=O)N1CC(C)CC1C(=O)OCC(=O)c1ccc(-c2ccc(C(=O)COC(=O)C3CC(C)CN3C(=O)C(NC(=O)OC)C(C)C)c3c2CC2(CCCCC2)C3)cc1)C(C)C. The van der Waals surface area contributed by atoms with Gasteiger partial charge in [-0.05, 0) is 89.9 Å². The molecular formula is C50H66N4O12. The molecule has 16 heteroatoms. The average Bonchev–Trinajstić information content (AvgIpc) is 4.01. The Morgan fingerprint density at radius 1 is 0.636 bits per heavy atom. The Morgan fingerprint density at radius 2 is 1.11 bits per heavy atom.